The Hall–Kier alpha value is -1.48. The van der Waals surface area contributed by atoms with Gasteiger partial charge in [-0.2, -0.15) is 0 Å². The monoisotopic (exact) mass is 312 g/mol. The van der Waals surface area contributed by atoms with Crippen LogP contribution in [0.4, 0.5) is 5.69 Å². The van der Waals surface area contributed by atoms with E-state index in [4.69, 9.17) is 10.9 Å². The summed E-state index contributed by atoms with van der Waals surface area (Å²) in [4.78, 5) is 13.9. The predicted octanol–water partition coefficient (Wildman–Crippen LogP) is -0.304. The van der Waals surface area contributed by atoms with Crippen molar-refractivity contribution in [1.82, 2.24) is 4.90 Å². The Bertz CT molecular complexity index is 610. The molecule has 0 spiro atoms. The number of likely N-dealkylation sites (tertiary alicyclic amines) is 1. The predicted molar refractivity (Wildman–Crippen MR) is 80.1 cm³/mol. The normalized spacial score (nSPS) is 17.6. The van der Waals surface area contributed by atoms with Gasteiger partial charge in [-0.25, -0.2) is 13.6 Å². The summed E-state index contributed by atoms with van der Waals surface area (Å²) in [6, 6.07) is 6.28. The minimum absolute atomic E-state index is 0.0842. The number of hydrogen-bond acceptors (Lipinski definition) is 5. The first kappa shape index (κ1) is 15.9. The second kappa shape index (κ2) is 6.52. The summed E-state index contributed by atoms with van der Waals surface area (Å²) in [6.45, 7) is 1.75. The summed E-state index contributed by atoms with van der Waals surface area (Å²) in [5.74, 6) is -0.262. The number of piperidine rings is 1. The fraction of sp³-hybridized carbons (Fsp3) is 0.462. The van der Waals surface area contributed by atoms with Crippen LogP contribution in [-0.4, -0.2) is 44.9 Å². The maximum absolute atomic E-state index is 12.0. The first-order chi connectivity index (χ1) is 9.86. The molecular weight excluding hydrogens is 292 g/mol. The van der Waals surface area contributed by atoms with Crippen LogP contribution in [0.1, 0.15) is 12.8 Å². The molecule has 0 saturated carbocycles. The molecule has 1 aromatic carbocycles. The van der Waals surface area contributed by atoms with E-state index in [0.29, 0.717) is 0 Å². The molecule has 1 saturated heterocycles. The van der Waals surface area contributed by atoms with Gasteiger partial charge in [0.25, 0.3) is 0 Å². The number of anilines is 1. The highest BCUT2D eigenvalue weighted by Crippen LogP contribution is 2.19. The van der Waals surface area contributed by atoms with Crippen LogP contribution in [0.15, 0.2) is 29.2 Å². The van der Waals surface area contributed by atoms with Gasteiger partial charge in [-0.05, 0) is 25.0 Å². The number of nitrogens with zero attached hydrogens (tertiary/aromatic N) is 1. The van der Waals surface area contributed by atoms with Crippen molar-refractivity contribution in [2.75, 3.05) is 25.0 Å². The molecule has 0 unspecified atom stereocenters. The van der Waals surface area contributed by atoms with Gasteiger partial charge < -0.3 is 11.1 Å². The topological polar surface area (TPSA) is 119 Å². The van der Waals surface area contributed by atoms with E-state index < -0.39 is 10.0 Å². The molecule has 1 aliphatic rings. The van der Waals surface area contributed by atoms with Crippen LogP contribution >= 0.6 is 0 Å². The quantitative estimate of drug-likeness (QED) is 0.705. The lowest BCUT2D eigenvalue weighted by atomic mass is 10.1. The van der Waals surface area contributed by atoms with Gasteiger partial charge in [-0.15, -0.1) is 0 Å². The third-order valence-electron chi connectivity index (χ3n) is 3.47. The molecule has 0 aliphatic carbocycles. The van der Waals surface area contributed by atoms with Gasteiger partial charge in [0.15, 0.2) is 0 Å². The van der Waals surface area contributed by atoms with Crippen molar-refractivity contribution in [3.63, 3.8) is 0 Å². The summed E-state index contributed by atoms with van der Waals surface area (Å²) >= 11 is 0. The number of nitrogens with two attached hydrogens (primary N) is 2. The zero-order valence-corrected chi connectivity index (χ0v) is 12.5. The summed E-state index contributed by atoms with van der Waals surface area (Å²) < 4.78 is 22.9. The first-order valence-corrected chi connectivity index (χ1v) is 8.30. The minimum Gasteiger partial charge on any atom is -0.328 e. The molecule has 1 heterocycles. The van der Waals surface area contributed by atoms with Gasteiger partial charge in [0, 0.05) is 19.1 Å². The van der Waals surface area contributed by atoms with E-state index in [9.17, 15) is 13.2 Å². The number of rotatable bonds is 4. The van der Waals surface area contributed by atoms with Gasteiger partial charge >= 0.3 is 0 Å². The van der Waals surface area contributed by atoms with Gasteiger partial charge in [0.2, 0.25) is 15.9 Å². The Kier molecular flexibility index (Phi) is 4.94. The zero-order chi connectivity index (χ0) is 15.5. The van der Waals surface area contributed by atoms with E-state index in [-0.39, 0.29) is 29.1 Å². The molecule has 2 rings (SSSR count). The lowest BCUT2D eigenvalue weighted by molar-refractivity contribution is -0.117. The van der Waals surface area contributed by atoms with E-state index >= 15 is 0 Å². The second-order valence-corrected chi connectivity index (χ2v) is 6.73. The molecule has 1 aliphatic heterocycles. The molecule has 8 heteroatoms. The lowest BCUT2D eigenvalue weighted by Gasteiger charge is -2.29. The van der Waals surface area contributed by atoms with Crippen LogP contribution in [-0.2, 0) is 14.8 Å². The van der Waals surface area contributed by atoms with Crippen molar-refractivity contribution in [1.29, 1.82) is 0 Å². The highest BCUT2D eigenvalue weighted by Gasteiger charge is 2.20. The summed E-state index contributed by atoms with van der Waals surface area (Å²) in [5, 5.41) is 7.73. The largest absolute Gasteiger partial charge is 0.328 e. The highest BCUT2D eigenvalue weighted by molar-refractivity contribution is 7.89. The molecule has 0 atom stereocenters. The van der Waals surface area contributed by atoms with E-state index in [1.54, 1.807) is 12.1 Å². The van der Waals surface area contributed by atoms with E-state index in [2.05, 4.69) is 5.32 Å². The number of hydrogen-bond donors (Lipinski definition) is 3. The van der Waals surface area contributed by atoms with Crippen molar-refractivity contribution in [2.45, 2.75) is 23.8 Å². The third-order valence-corrected chi connectivity index (χ3v) is 4.44. The standard InChI is InChI=1S/C13H20N4O3S/c14-10-5-7-17(8-6-10)9-13(18)16-11-3-1-2-4-12(11)21(15,19)20/h1-4,10H,5-9,14H2,(H,16,18)(H2,15,19,20). The van der Waals surface area contributed by atoms with Crippen molar-refractivity contribution in [3.8, 4) is 0 Å². The molecule has 5 N–H and O–H groups in total. The Balaban J connectivity index is 2.00. The number of para-hydroxylation sites is 1. The molecule has 1 amide bonds. The van der Waals surface area contributed by atoms with Crippen molar-refractivity contribution < 1.29 is 13.2 Å². The third kappa shape index (κ3) is 4.50. The first-order valence-electron chi connectivity index (χ1n) is 6.76. The molecule has 116 valence electrons. The lowest BCUT2D eigenvalue weighted by Crippen LogP contribution is -2.43. The van der Waals surface area contributed by atoms with Gasteiger partial charge in [0.05, 0.1) is 12.2 Å². The zero-order valence-electron chi connectivity index (χ0n) is 11.7. The summed E-state index contributed by atoms with van der Waals surface area (Å²) in [5.41, 5.74) is 6.02. The fourth-order valence-electron chi connectivity index (χ4n) is 2.32. The number of amides is 1. The van der Waals surface area contributed by atoms with Gasteiger partial charge in [0.1, 0.15) is 4.90 Å². The van der Waals surface area contributed by atoms with Gasteiger partial charge in [-0.1, -0.05) is 12.1 Å². The van der Waals surface area contributed by atoms with Crippen molar-refractivity contribution >= 4 is 21.6 Å². The van der Waals surface area contributed by atoms with E-state index in [0.717, 1.165) is 25.9 Å². The number of benzene rings is 1. The maximum Gasteiger partial charge on any atom is 0.240 e. The highest BCUT2D eigenvalue weighted by atomic mass is 32.2. The maximum atomic E-state index is 12.0. The molecule has 1 fully saturated rings. The SMILES string of the molecule is NC1CCN(CC(=O)Nc2ccccc2S(N)(=O)=O)CC1. The molecule has 0 bridgehead atoms. The number of carbonyl (C=O) groups excluding carboxylic acids is 1. The van der Waals surface area contributed by atoms with Crippen molar-refractivity contribution in [3.05, 3.63) is 24.3 Å². The molecular formula is C13H20N4O3S. The molecule has 7 nitrogen and oxygen atoms in total. The smallest absolute Gasteiger partial charge is 0.240 e. The molecule has 0 radical (unpaired) electrons. The van der Waals surface area contributed by atoms with Crippen LogP contribution in [0.3, 0.4) is 0 Å². The average molecular weight is 312 g/mol. The fourth-order valence-corrected chi connectivity index (χ4v) is 3.02. The van der Waals surface area contributed by atoms with Crippen LogP contribution in [0.25, 0.3) is 0 Å². The van der Waals surface area contributed by atoms with Crippen LogP contribution in [0.2, 0.25) is 0 Å². The van der Waals surface area contributed by atoms with Crippen LogP contribution < -0.4 is 16.2 Å². The summed E-state index contributed by atoms with van der Waals surface area (Å²) in [6.07, 6.45) is 1.72. The molecule has 1 aromatic rings. The Morgan fingerprint density at radius 1 is 1.29 bits per heavy atom. The number of carbonyl (C=O) groups is 1. The summed E-state index contributed by atoms with van der Waals surface area (Å²) in [7, 11) is -3.86. The number of nitrogens with one attached hydrogen (secondary N) is 1. The minimum atomic E-state index is -3.86. The Morgan fingerprint density at radius 2 is 1.90 bits per heavy atom. The van der Waals surface area contributed by atoms with Gasteiger partial charge in [-0.3, -0.25) is 9.69 Å². The second-order valence-electron chi connectivity index (χ2n) is 5.20. The average Bonchev–Trinajstić information content (AvgIpc) is 2.41. The number of primary sulfonamides is 1. The van der Waals surface area contributed by atoms with Crippen molar-refractivity contribution in [2.24, 2.45) is 10.9 Å². The Morgan fingerprint density at radius 3 is 2.52 bits per heavy atom. The van der Waals surface area contributed by atoms with Crippen LogP contribution in [0, 0.1) is 0 Å². The molecule has 0 aromatic heterocycles. The Labute approximate surface area is 124 Å². The van der Waals surface area contributed by atoms with E-state index in [1.807, 2.05) is 4.90 Å². The van der Waals surface area contributed by atoms with Crippen LogP contribution in [0.5, 0.6) is 0 Å². The number of sulfonamides is 1. The molecule has 21 heavy (non-hydrogen) atoms. The van der Waals surface area contributed by atoms with E-state index in [1.165, 1.54) is 12.1 Å².